The normalized spacial score (nSPS) is 27.6. The molecule has 3 heteroatoms. The molecule has 1 amide bonds. The summed E-state index contributed by atoms with van der Waals surface area (Å²) in [6, 6.07) is 0.695. The van der Waals surface area contributed by atoms with Gasteiger partial charge in [-0.15, -0.1) is 0 Å². The molecule has 0 spiro atoms. The summed E-state index contributed by atoms with van der Waals surface area (Å²) in [5, 5.41) is 3.26. The lowest BCUT2D eigenvalue weighted by Crippen LogP contribution is -2.44. The van der Waals surface area contributed by atoms with Gasteiger partial charge >= 0.3 is 0 Å². The van der Waals surface area contributed by atoms with Crippen LogP contribution in [0.25, 0.3) is 0 Å². The Morgan fingerprint density at radius 1 is 1.46 bits per heavy atom. The average Bonchev–Trinajstić information content (AvgIpc) is 2.83. The van der Waals surface area contributed by atoms with Crippen molar-refractivity contribution in [1.29, 1.82) is 0 Å². The number of carbonyl (C=O) groups excluding carboxylic acids is 1. The first-order chi connectivity index (χ1) is 6.33. The van der Waals surface area contributed by atoms with Crippen molar-refractivity contribution >= 4 is 5.91 Å². The standard InChI is InChI=1S/C10H18N2O/c1-2-12(8-5-6-8)10(13)9-4-3-7-11-9/h8-9,11H,2-7H2,1H3/t9-/m1/s1. The highest BCUT2D eigenvalue weighted by atomic mass is 16.2. The molecule has 0 bridgehead atoms. The molecule has 0 radical (unpaired) electrons. The molecule has 2 fully saturated rings. The van der Waals surface area contributed by atoms with Crippen LogP contribution in [0.1, 0.15) is 32.6 Å². The number of hydrogen-bond acceptors (Lipinski definition) is 2. The van der Waals surface area contributed by atoms with Crippen molar-refractivity contribution < 1.29 is 4.79 Å². The number of carbonyl (C=O) groups is 1. The Kier molecular flexibility index (Phi) is 2.54. The summed E-state index contributed by atoms with van der Waals surface area (Å²) >= 11 is 0. The van der Waals surface area contributed by atoms with Crippen LogP contribution in [-0.4, -0.2) is 36.0 Å². The van der Waals surface area contributed by atoms with E-state index in [-0.39, 0.29) is 6.04 Å². The fourth-order valence-electron chi connectivity index (χ4n) is 2.08. The van der Waals surface area contributed by atoms with Crippen LogP contribution >= 0.6 is 0 Å². The van der Waals surface area contributed by atoms with Crippen LogP contribution in [-0.2, 0) is 4.79 Å². The van der Waals surface area contributed by atoms with Crippen LogP contribution < -0.4 is 5.32 Å². The van der Waals surface area contributed by atoms with E-state index in [2.05, 4.69) is 12.2 Å². The van der Waals surface area contributed by atoms with Crippen molar-refractivity contribution in [3.8, 4) is 0 Å². The van der Waals surface area contributed by atoms with Crippen molar-refractivity contribution in [1.82, 2.24) is 10.2 Å². The number of nitrogens with one attached hydrogen (secondary N) is 1. The summed E-state index contributed by atoms with van der Waals surface area (Å²) in [7, 11) is 0. The molecule has 1 heterocycles. The van der Waals surface area contributed by atoms with Gasteiger partial charge in [0.2, 0.25) is 5.91 Å². The molecule has 2 rings (SSSR count). The van der Waals surface area contributed by atoms with Gasteiger partial charge in [-0.05, 0) is 39.2 Å². The Bertz CT molecular complexity index is 195. The van der Waals surface area contributed by atoms with E-state index < -0.39 is 0 Å². The van der Waals surface area contributed by atoms with Gasteiger partial charge < -0.3 is 10.2 Å². The highest BCUT2D eigenvalue weighted by Crippen LogP contribution is 2.27. The summed E-state index contributed by atoms with van der Waals surface area (Å²) < 4.78 is 0. The van der Waals surface area contributed by atoms with Gasteiger partial charge in [0.15, 0.2) is 0 Å². The third-order valence-corrected chi connectivity index (χ3v) is 2.97. The number of rotatable bonds is 3. The third kappa shape index (κ3) is 1.85. The van der Waals surface area contributed by atoms with E-state index in [1.807, 2.05) is 4.90 Å². The maximum absolute atomic E-state index is 11.9. The summed E-state index contributed by atoms with van der Waals surface area (Å²) in [5.74, 6) is 0.336. The fraction of sp³-hybridized carbons (Fsp3) is 0.900. The van der Waals surface area contributed by atoms with Crippen molar-refractivity contribution in [2.24, 2.45) is 0 Å². The molecular weight excluding hydrogens is 164 g/mol. The van der Waals surface area contributed by atoms with Crippen LogP contribution in [0.15, 0.2) is 0 Å². The molecule has 1 N–H and O–H groups in total. The van der Waals surface area contributed by atoms with Crippen LogP contribution in [0.2, 0.25) is 0 Å². The van der Waals surface area contributed by atoms with Gasteiger partial charge in [0, 0.05) is 12.6 Å². The van der Waals surface area contributed by atoms with Crippen molar-refractivity contribution in [3.05, 3.63) is 0 Å². The van der Waals surface area contributed by atoms with Gasteiger partial charge in [0.05, 0.1) is 6.04 Å². The lowest BCUT2D eigenvalue weighted by atomic mass is 10.2. The topological polar surface area (TPSA) is 32.3 Å². The van der Waals surface area contributed by atoms with Crippen LogP contribution in [0.5, 0.6) is 0 Å². The highest BCUT2D eigenvalue weighted by molar-refractivity contribution is 5.82. The van der Waals surface area contributed by atoms with Gasteiger partial charge in [-0.25, -0.2) is 0 Å². The summed E-state index contributed by atoms with van der Waals surface area (Å²) in [6.07, 6.45) is 4.61. The molecular formula is C10H18N2O. The van der Waals surface area contributed by atoms with E-state index in [9.17, 15) is 4.79 Å². The van der Waals surface area contributed by atoms with E-state index in [0.717, 1.165) is 25.9 Å². The molecule has 3 nitrogen and oxygen atoms in total. The zero-order valence-corrected chi connectivity index (χ0v) is 8.25. The summed E-state index contributed by atoms with van der Waals surface area (Å²) in [4.78, 5) is 14.0. The van der Waals surface area contributed by atoms with Gasteiger partial charge in [-0.3, -0.25) is 4.79 Å². The maximum Gasteiger partial charge on any atom is 0.239 e. The Morgan fingerprint density at radius 3 is 2.69 bits per heavy atom. The predicted octanol–water partition coefficient (Wildman–Crippen LogP) is 0.749. The molecule has 0 aromatic heterocycles. The summed E-state index contributed by atoms with van der Waals surface area (Å²) in [6.45, 7) is 3.96. The quantitative estimate of drug-likeness (QED) is 0.698. The largest absolute Gasteiger partial charge is 0.339 e. The minimum Gasteiger partial charge on any atom is -0.339 e. The van der Waals surface area contributed by atoms with Crippen molar-refractivity contribution in [2.45, 2.75) is 44.7 Å². The molecule has 2 aliphatic rings. The van der Waals surface area contributed by atoms with E-state index >= 15 is 0 Å². The van der Waals surface area contributed by atoms with Crippen LogP contribution in [0, 0.1) is 0 Å². The number of nitrogens with zero attached hydrogens (tertiary/aromatic N) is 1. The molecule has 13 heavy (non-hydrogen) atoms. The van der Waals surface area contributed by atoms with E-state index in [0.29, 0.717) is 11.9 Å². The summed E-state index contributed by atoms with van der Waals surface area (Å²) in [5.41, 5.74) is 0. The molecule has 1 aliphatic carbocycles. The van der Waals surface area contributed by atoms with Crippen molar-refractivity contribution in [2.75, 3.05) is 13.1 Å². The highest BCUT2D eigenvalue weighted by Gasteiger charge is 2.35. The molecule has 0 unspecified atom stereocenters. The monoisotopic (exact) mass is 182 g/mol. The van der Waals surface area contributed by atoms with Gasteiger partial charge in [0.1, 0.15) is 0 Å². The second-order valence-electron chi connectivity index (χ2n) is 4.00. The number of likely N-dealkylation sites (N-methyl/N-ethyl adjacent to an activating group) is 1. The van der Waals surface area contributed by atoms with E-state index in [4.69, 9.17) is 0 Å². The zero-order valence-electron chi connectivity index (χ0n) is 8.25. The van der Waals surface area contributed by atoms with Gasteiger partial charge in [0.25, 0.3) is 0 Å². The Hall–Kier alpha value is -0.570. The predicted molar refractivity (Wildman–Crippen MR) is 51.4 cm³/mol. The Balaban J connectivity index is 1.92. The zero-order chi connectivity index (χ0) is 9.26. The average molecular weight is 182 g/mol. The molecule has 74 valence electrons. The molecule has 1 atom stereocenters. The molecule has 0 aromatic rings. The van der Waals surface area contributed by atoms with Gasteiger partial charge in [-0.1, -0.05) is 0 Å². The first-order valence-corrected chi connectivity index (χ1v) is 5.36. The number of amides is 1. The van der Waals surface area contributed by atoms with Crippen LogP contribution in [0.4, 0.5) is 0 Å². The molecule has 1 saturated heterocycles. The Labute approximate surface area is 79.5 Å². The second kappa shape index (κ2) is 3.66. The molecule has 1 aliphatic heterocycles. The molecule has 1 saturated carbocycles. The minimum absolute atomic E-state index is 0.126. The fourth-order valence-corrected chi connectivity index (χ4v) is 2.08. The lowest BCUT2D eigenvalue weighted by molar-refractivity contribution is -0.133. The second-order valence-corrected chi connectivity index (χ2v) is 4.00. The van der Waals surface area contributed by atoms with Gasteiger partial charge in [-0.2, -0.15) is 0 Å². The maximum atomic E-state index is 11.9. The SMILES string of the molecule is CCN(C(=O)[C@H]1CCCN1)C1CC1. The number of hydrogen-bond donors (Lipinski definition) is 1. The molecule has 0 aromatic carbocycles. The Morgan fingerprint density at radius 2 is 2.23 bits per heavy atom. The minimum atomic E-state index is 0.126. The third-order valence-electron chi connectivity index (χ3n) is 2.97. The smallest absolute Gasteiger partial charge is 0.239 e. The first kappa shape index (κ1) is 9.00. The van der Waals surface area contributed by atoms with E-state index in [1.54, 1.807) is 0 Å². The first-order valence-electron chi connectivity index (χ1n) is 5.36. The lowest BCUT2D eigenvalue weighted by Gasteiger charge is -2.23. The van der Waals surface area contributed by atoms with Crippen molar-refractivity contribution in [3.63, 3.8) is 0 Å². The van der Waals surface area contributed by atoms with Crippen LogP contribution in [0.3, 0.4) is 0 Å². The van der Waals surface area contributed by atoms with E-state index in [1.165, 1.54) is 12.8 Å².